The average molecular weight is 321 g/mol. The van der Waals surface area contributed by atoms with E-state index >= 15 is 0 Å². The normalized spacial score (nSPS) is 11.3. The van der Waals surface area contributed by atoms with Crippen LogP contribution in [-0.4, -0.2) is 31.1 Å². The minimum Gasteiger partial charge on any atom is -0.355 e. The highest BCUT2D eigenvalue weighted by atomic mass is 16.2. The van der Waals surface area contributed by atoms with Crippen LogP contribution in [0, 0.1) is 5.92 Å². The van der Waals surface area contributed by atoms with Crippen molar-refractivity contribution in [2.24, 2.45) is 20.0 Å². The number of fused-ring (bicyclic) bond motifs is 1. The molecule has 0 spiro atoms. The Balaban J connectivity index is 2.17. The minimum atomic E-state index is -0.451. The van der Waals surface area contributed by atoms with Crippen LogP contribution in [-0.2, 0) is 25.4 Å². The van der Waals surface area contributed by atoms with Gasteiger partial charge in [0.2, 0.25) is 5.91 Å². The van der Waals surface area contributed by atoms with Crippen LogP contribution in [0.2, 0.25) is 0 Å². The van der Waals surface area contributed by atoms with Crippen molar-refractivity contribution < 1.29 is 4.79 Å². The molecule has 0 fully saturated rings. The van der Waals surface area contributed by atoms with Gasteiger partial charge in [0.05, 0.1) is 6.33 Å². The third kappa shape index (κ3) is 3.52. The summed E-state index contributed by atoms with van der Waals surface area (Å²) >= 11 is 0. The van der Waals surface area contributed by atoms with Crippen molar-refractivity contribution in [3.05, 3.63) is 27.2 Å². The van der Waals surface area contributed by atoms with Gasteiger partial charge >= 0.3 is 5.69 Å². The molecule has 2 rings (SSSR count). The Morgan fingerprint density at radius 2 is 1.96 bits per heavy atom. The third-order valence-corrected chi connectivity index (χ3v) is 3.81. The number of aromatic nitrogens is 4. The van der Waals surface area contributed by atoms with E-state index in [0.717, 1.165) is 17.4 Å². The predicted octanol–water partition coefficient (Wildman–Crippen LogP) is -0.0139. The fraction of sp³-hybridized carbons (Fsp3) is 0.600. The molecule has 0 atom stereocenters. The van der Waals surface area contributed by atoms with Gasteiger partial charge in [-0.25, -0.2) is 9.78 Å². The molecular weight excluding hydrogens is 298 g/mol. The van der Waals surface area contributed by atoms with Gasteiger partial charge in [-0.2, -0.15) is 0 Å². The van der Waals surface area contributed by atoms with Crippen LogP contribution < -0.4 is 16.6 Å². The Morgan fingerprint density at radius 3 is 2.61 bits per heavy atom. The van der Waals surface area contributed by atoms with E-state index < -0.39 is 11.2 Å². The van der Waals surface area contributed by atoms with Gasteiger partial charge in [-0.3, -0.25) is 18.7 Å². The van der Waals surface area contributed by atoms with Crippen LogP contribution in [0.5, 0.6) is 0 Å². The standard InChI is InChI=1S/C15H23N5O3/c1-10(2)6-5-7-16-11(21)8-20-9-17-13-12(20)14(22)19(4)15(23)18(13)3/h9-10H,5-8H2,1-4H3,(H,16,21). The number of hydrogen-bond acceptors (Lipinski definition) is 4. The van der Waals surface area contributed by atoms with Gasteiger partial charge in [0, 0.05) is 20.6 Å². The van der Waals surface area contributed by atoms with E-state index in [1.165, 1.54) is 22.5 Å². The fourth-order valence-corrected chi connectivity index (χ4v) is 2.47. The first-order valence-electron chi connectivity index (χ1n) is 7.70. The van der Waals surface area contributed by atoms with Crippen molar-refractivity contribution in [1.29, 1.82) is 0 Å². The first-order valence-corrected chi connectivity index (χ1v) is 7.70. The lowest BCUT2D eigenvalue weighted by Gasteiger charge is -2.08. The van der Waals surface area contributed by atoms with E-state index in [1.807, 2.05) is 0 Å². The molecule has 23 heavy (non-hydrogen) atoms. The molecule has 2 aromatic rings. The Hall–Kier alpha value is -2.38. The zero-order valence-electron chi connectivity index (χ0n) is 14.0. The van der Waals surface area contributed by atoms with Crippen LogP contribution in [0.15, 0.2) is 15.9 Å². The Kier molecular flexibility index (Phi) is 5.02. The number of carbonyl (C=O) groups is 1. The number of nitrogens with one attached hydrogen (secondary N) is 1. The molecule has 1 N–H and O–H groups in total. The lowest BCUT2D eigenvalue weighted by molar-refractivity contribution is -0.121. The van der Waals surface area contributed by atoms with Crippen LogP contribution in [0.1, 0.15) is 26.7 Å². The maximum atomic E-state index is 12.3. The number of rotatable bonds is 6. The van der Waals surface area contributed by atoms with E-state index in [9.17, 15) is 14.4 Å². The number of amides is 1. The van der Waals surface area contributed by atoms with Gasteiger partial charge in [0.1, 0.15) is 6.54 Å². The molecule has 0 saturated heterocycles. The second-order valence-electron chi connectivity index (χ2n) is 6.14. The van der Waals surface area contributed by atoms with Crippen molar-refractivity contribution in [3.63, 3.8) is 0 Å². The SMILES string of the molecule is CC(C)CCCNC(=O)Cn1cnc2c1c(=O)n(C)c(=O)n2C. The molecule has 0 aromatic carbocycles. The summed E-state index contributed by atoms with van der Waals surface area (Å²) in [5.74, 6) is 0.428. The molecule has 0 unspecified atom stereocenters. The molecule has 0 saturated carbocycles. The summed E-state index contributed by atoms with van der Waals surface area (Å²) in [6.45, 7) is 4.89. The van der Waals surface area contributed by atoms with Crippen molar-refractivity contribution in [3.8, 4) is 0 Å². The molecule has 0 aliphatic heterocycles. The molecule has 0 bridgehead atoms. The maximum Gasteiger partial charge on any atom is 0.332 e. The van der Waals surface area contributed by atoms with Gasteiger partial charge in [-0.1, -0.05) is 13.8 Å². The molecule has 8 nitrogen and oxygen atoms in total. The number of hydrogen-bond donors (Lipinski definition) is 1. The summed E-state index contributed by atoms with van der Waals surface area (Å²) in [4.78, 5) is 40.2. The average Bonchev–Trinajstić information content (AvgIpc) is 2.91. The van der Waals surface area contributed by atoms with Crippen molar-refractivity contribution in [1.82, 2.24) is 24.0 Å². The Labute approximate surface area is 133 Å². The molecule has 1 amide bonds. The highest BCUT2D eigenvalue weighted by Crippen LogP contribution is 2.05. The fourth-order valence-electron chi connectivity index (χ4n) is 2.47. The quantitative estimate of drug-likeness (QED) is 0.757. The zero-order chi connectivity index (χ0) is 17.1. The molecule has 2 aromatic heterocycles. The van der Waals surface area contributed by atoms with E-state index in [-0.39, 0.29) is 23.6 Å². The second kappa shape index (κ2) is 6.80. The topological polar surface area (TPSA) is 90.9 Å². The molecule has 126 valence electrons. The van der Waals surface area contributed by atoms with E-state index in [2.05, 4.69) is 24.1 Å². The van der Waals surface area contributed by atoms with Crippen molar-refractivity contribution in [2.45, 2.75) is 33.2 Å². The summed E-state index contributed by atoms with van der Waals surface area (Å²) in [5.41, 5.74) is -0.350. The molecule has 8 heteroatoms. The third-order valence-electron chi connectivity index (χ3n) is 3.81. The lowest BCUT2D eigenvalue weighted by atomic mass is 10.1. The number of nitrogens with zero attached hydrogens (tertiary/aromatic N) is 4. The van der Waals surface area contributed by atoms with Crippen molar-refractivity contribution >= 4 is 17.1 Å². The summed E-state index contributed by atoms with van der Waals surface area (Å²) in [6.07, 6.45) is 3.39. The number of imidazole rings is 1. The molecular formula is C15H23N5O3. The highest BCUT2D eigenvalue weighted by Gasteiger charge is 2.15. The Morgan fingerprint density at radius 1 is 1.26 bits per heavy atom. The molecule has 0 radical (unpaired) electrons. The van der Waals surface area contributed by atoms with Gasteiger partial charge in [0.15, 0.2) is 11.2 Å². The zero-order valence-corrected chi connectivity index (χ0v) is 14.0. The van der Waals surface area contributed by atoms with E-state index in [1.54, 1.807) is 7.05 Å². The molecule has 2 heterocycles. The summed E-state index contributed by atoms with van der Waals surface area (Å²) in [5, 5.41) is 2.84. The van der Waals surface area contributed by atoms with Crippen LogP contribution >= 0.6 is 0 Å². The number of aryl methyl sites for hydroxylation is 1. The van der Waals surface area contributed by atoms with Crippen LogP contribution in [0.3, 0.4) is 0 Å². The minimum absolute atomic E-state index is 0.00558. The first-order chi connectivity index (χ1) is 10.8. The monoisotopic (exact) mass is 321 g/mol. The van der Waals surface area contributed by atoms with Gasteiger partial charge in [-0.15, -0.1) is 0 Å². The highest BCUT2D eigenvalue weighted by molar-refractivity contribution is 5.78. The lowest BCUT2D eigenvalue weighted by Crippen LogP contribution is -2.38. The van der Waals surface area contributed by atoms with Gasteiger partial charge in [-0.05, 0) is 18.8 Å². The first kappa shape index (κ1) is 17.0. The molecule has 0 aliphatic rings. The van der Waals surface area contributed by atoms with Gasteiger partial charge < -0.3 is 9.88 Å². The van der Waals surface area contributed by atoms with E-state index in [4.69, 9.17) is 0 Å². The summed E-state index contributed by atoms with van der Waals surface area (Å²) < 4.78 is 3.80. The largest absolute Gasteiger partial charge is 0.355 e. The van der Waals surface area contributed by atoms with Crippen LogP contribution in [0.25, 0.3) is 11.2 Å². The van der Waals surface area contributed by atoms with Crippen molar-refractivity contribution in [2.75, 3.05) is 6.54 Å². The van der Waals surface area contributed by atoms with Gasteiger partial charge in [0.25, 0.3) is 5.56 Å². The van der Waals surface area contributed by atoms with E-state index in [0.29, 0.717) is 12.5 Å². The predicted molar refractivity (Wildman–Crippen MR) is 87.3 cm³/mol. The second-order valence-corrected chi connectivity index (χ2v) is 6.14. The maximum absolute atomic E-state index is 12.3. The Bertz CT molecular complexity index is 828. The van der Waals surface area contributed by atoms with Crippen LogP contribution in [0.4, 0.5) is 0 Å². The molecule has 0 aliphatic carbocycles. The summed E-state index contributed by atoms with van der Waals surface area (Å²) in [7, 11) is 2.96. The number of carbonyl (C=O) groups excluding carboxylic acids is 1. The summed E-state index contributed by atoms with van der Waals surface area (Å²) in [6, 6.07) is 0. The smallest absolute Gasteiger partial charge is 0.332 e.